The summed E-state index contributed by atoms with van der Waals surface area (Å²) in [6.45, 7) is 8.88. The molecule has 0 saturated carbocycles. The molecule has 16 nitrogen and oxygen atoms in total. The number of unbranched alkanes of at least 4 members (excludes halogenated alkanes) is 5. The van der Waals surface area contributed by atoms with E-state index in [1.54, 1.807) is 57.0 Å². The fourth-order valence-electron chi connectivity index (χ4n) is 9.32. The van der Waals surface area contributed by atoms with Gasteiger partial charge in [0, 0.05) is 86.2 Å². The largest absolute Gasteiger partial charge is 0.416 e. The molecule has 6 aromatic rings. The maximum Gasteiger partial charge on any atom is 0.416 e. The molecule has 3 aromatic heterocycles. The van der Waals surface area contributed by atoms with Gasteiger partial charge >= 0.3 is 6.18 Å². The Morgan fingerprint density at radius 3 is 2.31 bits per heavy atom. The zero-order valence-corrected chi connectivity index (χ0v) is 43.5. The molecule has 1 fully saturated rings. The molecule has 0 aliphatic carbocycles. The molecule has 0 unspecified atom stereocenters. The standard InChI is InChI=1S/C54H68F3N11O5S/c1-34-47(74-33-62-34)36-17-15-35(16-18-36)29-61-51(72)45-28-41(69)31-67(45)52(73)48(53(2,3)4)63-46(70)14-10-8-9-13-39(58)30-66(59)26-12-7-6-11-25-60-50(71)37-19-24-44-42(27-37)43-32-65(5)64-49(43)68(44)40-22-20-38(21-23-40)54(55,56)57/h15-24,27,30,32-33,41,45,48,69H,6-14,25-26,28-29,31,58-59H2,1-5H3,(H,60,71)(H,61,72)(H,63,70)/b39-30-/t41-,45+,48-/m1/s1. The number of nitrogens with two attached hydrogens (primary N) is 2. The number of aliphatic hydroxyl groups is 1. The number of thiazole rings is 1. The van der Waals surface area contributed by atoms with Gasteiger partial charge in [-0.05, 0) is 98.0 Å². The van der Waals surface area contributed by atoms with Gasteiger partial charge in [0.15, 0.2) is 5.65 Å². The van der Waals surface area contributed by atoms with Crippen molar-refractivity contribution >= 4 is 56.9 Å². The molecule has 8 N–H and O–H groups in total. The van der Waals surface area contributed by atoms with Crippen LogP contribution in [0.5, 0.6) is 0 Å². The third-order valence-corrected chi connectivity index (χ3v) is 14.3. The van der Waals surface area contributed by atoms with Crippen LogP contribution in [0.4, 0.5) is 13.2 Å². The van der Waals surface area contributed by atoms with Crippen LogP contribution in [-0.4, -0.2) is 95.8 Å². The fourth-order valence-corrected chi connectivity index (χ4v) is 10.1. The summed E-state index contributed by atoms with van der Waals surface area (Å²) in [5.41, 5.74) is 12.5. The summed E-state index contributed by atoms with van der Waals surface area (Å²) in [5, 5.41) is 27.1. The highest BCUT2D eigenvalue weighted by Crippen LogP contribution is 2.35. The van der Waals surface area contributed by atoms with E-state index >= 15 is 0 Å². The average Bonchev–Trinajstić information content (AvgIpc) is 4.14. The molecule has 0 bridgehead atoms. The minimum absolute atomic E-state index is 0.00259. The number of halogens is 3. The maximum absolute atomic E-state index is 14.0. The van der Waals surface area contributed by atoms with E-state index in [1.165, 1.54) is 17.0 Å². The highest BCUT2D eigenvalue weighted by atomic mass is 32.1. The van der Waals surface area contributed by atoms with Gasteiger partial charge in [-0.3, -0.25) is 28.4 Å². The Bertz CT molecular complexity index is 2940. The van der Waals surface area contributed by atoms with Crippen molar-refractivity contribution in [3.8, 4) is 16.1 Å². The summed E-state index contributed by atoms with van der Waals surface area (Å²) >= 11 is 1.57. The number of aryl methyl sites for hydroxylation is 2. The van der Waals surface area contributed by atoms with E-state index < -0.39 is 41.2 Å². The Hall–Kier alpha value is -6.77. The maximum atomic E-state index is 14.0. The number of nitrogens with one attached hydrogen (secondary N) is 3. The molecule has 7 rings (SSSR count). The molecular formula is C54H68F3N11O5S. The third kappa shape index (κ3) is 13.9. The first-order valence-electron chi connectivity index (χ1n) is 25.1. The number of β-amino-alcohol motifs (C(OH)–C–C–N with tert-alkyl or cyclic N) is 1. The minimum Gasteiger partial charge on any atom is -0.401 e. The van der Waals surface area contributed by atoms with E-state index in [9.17, 15) is 37.5 Å². The van der Waals surface area contributed by atoms with Crippen molar-refractivity contribution in [3.05, 3.63) is 113 Å². The number of rotatable bonds is 22. The van der Waals surface area contributed by atoms with Crippen LogP contribution in [0.1, 0.15) is 112 Å². The lowest BCUT2D eigenvalue weighted by Gasteiger charge is -2.35. The number of hydrogen-bond donors (Lipinski definition) is 6. The minimum atomic E-state index is -4.45. The van der Waals surface area contributed by atoms with Crippen LogP contribution in [0.25, 0.3) is 38.1 Å². The number of fused-ring (bicyclic) bond motifs is 3. The van der Waals surface area contributed by atoms with E-state index in [1.807, 2.05) is 63.7 Å². The number of aliphatic hydroxyl groups excluding tert-OH is 1. The molecule has 4 amide bonds. The third-order valence-electron chi connectivity index (χ3n) is 13.3. The predicted octanol–water partition coefficient (Wildman–Crippen LogP) is 7.99. The Labute approximate surface area is 433 Å². The number of alkyl halides is 3. The van der Waals surface area contributed by atoms with Crippen LogP contribution >= 0.6 is 11.3 Å². The van der Waals surface area contributed by atoms with E-state index in [0.29, 0.717) is 48.5 Å². The van der Waals surface area contributed by atoms with Gasteiger partial charge in [-0.2, -0.15) is 18.3 Å². The van der Waals surface area contributed by atoms with Gasteiger partial charge in [-0.1, -0.05) is 64.3 Å². The first-order chi connectivity index (χ1) is 35.2. The van der Waals surface area contributed by atoms with Crippen molar-refractivity contribution in [1.82, 2.24) is 45.2 Å². The van der Waals surface area contributed by atoms with Gasteiger partial charge < -0.3 is 36.7 Å². The Kier molecular flexibility index (Phi) is 17.9. The molecular weight excluding hydrogens is 972 g/mol. The van der Waals surface area contributed by atoms with Gasteiger partial charge in [-0.15, -0.1) is 11.3 Å². The predicted molar refractivity (Wildman–Crippen MR) is 281 cm³/mol. The quantitative estimate of drug-likeness (QED) is 0.0219. The first-order valence-corrected chi connectivity index (χ1v) is 26.0. The molecule has 4 heterocycles. The number of amides is 4. The topological polar surface area (TPSA) is 219 Å². The second kappa shape index (κ2) is 24.1. The molecule has 74 heavy (non-hydrogen) atoms. The van der Waals surface area contributed by atoms with Gasteiger partial charge in [0.25, 0.3) is 5.91 Å². The lowest BCUT2D eigenvalue weighted by Crippen LogP contribution is -2.57. The molecule has 396 valence electrons. The number of likely N-dealkylation sites (tertiary alicyclic amines) is 1. The van der Waals surface area contributed by atoms with Gasteiger partial charge in [-0.25, -0.2) is 10.8 Å². The zero-order valence-electron chi connectivity index (χ0n) is 42.7. The van der Waals surface area contributed by atoms with Crippen LogP contribution in [0.3, 0.4) is 0 Å². The van der Waals surface area contributed by atoms with Gasteiger partial charge in [0.05, 0.1) is 33.3 Å². The summed E-state index contributed by atoms with van der Waals surface area (Å²) in [7, 11) is 1.77. The number of benzene rings is 3. The first kappa shape index (κ1) is 55.0. The lowest BCUT2D eigenvalue weighted by molar-refractivity contribution is -0.144. The lowest BCUT2D eigenvalue weighted by atomic mass is 9.85. The molecule has 1 aliphatic heterocycles. The highest BCUT2D eigenvalue weighted by molar-refractivity contribution is 7.13. The van der Waals surface area contributed by atoms with Crippen molar-refractivity contribution in [2.45, 2.75) is 123 Å². The number of nitrogens with zero attached hydrogens (tertiary/aromatic N) is 6. The Morgan fingerprint density at radius 1 is 0.919 bits per heavy atom. The van der Waals surface area contributed by atoms with Crippen molar-refractivity contribution in [2.75, 3.05) is 19.6 Å². The van der Waals surface area contributed by atoms with E-state index in [0.717, 1.165) is 88.6 Å². The zero-order chi connectivity index (χ0) is 53.3. The number of hydrazine groups is 1. The van der Waals surface area contributed by atoms with E-state index in [-0.39, 0.29) is 43.7 Å². The SMILES string of the molecule is Cc1ncsc1-c1ccc(CNC(=O)[C@@H]2C[C@@H](O)CN2C(=O)[C@@H](NC(=O)CCCCC/C(N)=C/N(N)CCCCCCNC(=O)c2ccc3c(c2)c2cn(C)nc2n3-c2ccc(C(F)(F)F)cc2)C(C)(C)C)cc1. The molecule has 20 heteroatoms. The van der Waals surface area contributed by atoms with Gasteiger partial charge in [0.2, 0.25) is 17.7 Å². The van der Waals surface area contributed by atoms with Crippen molar-refractivity contribution in [1.29, 1.82) is 0 Å². The van der Waals surface area contributed by atoms with Crippen LogP contribution in [-0.2, 0) is 34.2 Å². The van der Waals surface area contributed by atoms with Crippen LogP contribution < -0.4 is 27.5 Å². The van der Waals surface area contributed by atoms with Crippen LogP contribution in [0.15, 0.2) is 90.3 Å². The van der Waals surface area contributed by atoms with Crippen molar-refractivity contribution < 1.29 is 37.5 Å². The highest BCUT2D eigenvalue weighted by Gasteiger charge is 2.44. The molecule has 3 aromatic carbocycles. The smallest absolute Gasteiger partial charge is 0.401 e. The number of hydrogen-bond acceptors (Lipinski definition) is 11. The van der Waals surface area contributed by atoms with Gasteiger partial charge in [0.1, 0.15) is 12.1 Å². The summed E-state index contributed by atoms with van der Waals surface area (Å²) in [5.74, 6) is 4.96. The van der Waals surface area contributed by atoms with E-state index in [2.05, 4.69) is 26.0 Å². The number of carbonyl (C=O) groups excluding carboxylic acids is 4. The summed E-state index contributed by atoms with van der Waals surface area (Å²) in [6.07, 6.45) is 4.58. The normalized spacial score (nSPS) is 15.7. The van der Waals surface area contributed by atoms with Crippen molar-refractivity contribution in [2.24, 2.45) is 24.0 Å². The number of allylic oxidation sites excluding steroid dienone is 1. The number of aromatic nitrogens is 4. The molecule has 1 aliphatic rings. The monoisotopic (exact) mass is 1040 g/mol. The Balaban J connectivity index is 0.775. The average molecular weight is 1040 g/mol. The summed E-state index contributed by atoms with van der Waals surface area (Å²) in [4.78, 5) is 60.7. The van der Waals surface area contributed by atoms with Crippen molar-refractivity contribution in [3.63, 3.8) is 0 Å². The van der Waals surface area contributed by atoms with Crippen LogP contribution in [0, 0.1) is 12.3 Å². The second-order valence-corrected chi connectivity index (χ2v) is 21.1. The van der Waals surface area contributed by atoms with E-state index in [4.69, 9.17) is 11.6 Å². The molecule has 3 atom stereocenters. The summed E-state index contributed by atoms with van der Waals surface area (Å²) in [6, 6.07) is 16.3. The Morgan fingerprint density at radius 2 is 1.62 bits per heavy atom. The molecule has 1 saturated heterocycles. The molecule has 0 spiro atoms. The van der Waals surface area contributed by atoms with Crippen LogP contribution in [0.2, 0.25) is 0 Å². The number of carbonyl (C=O) groups is 4. The fraction of sp³-hybridized carbons (Fsp3) is 0.444. The summed E-state index contributed by atoms with van der Waals surface area (Å²) < 4.78 is 43.1. The molecule has 0 radical (unpaired) electrons. The second-order valence-electron chi connectivity index (χ2n) is 20.3.